The van der Waals surface area contributed by atoms with Gasteiger partial charge in [-0.05, 0) is 47.5 Å². The van der Waals surface area contributed by atoms with Gasteiger partial charge in [0.15, 0.2) is 5.65 Å². The van der Waals surface area contributed by atoms with E-state index in [1.54, 1.807) is 55.7 Å². The average Bonchev–Trinajstić information content (AvgIpc) is 2.97. The number of phenolic OH excluding ortho intramolecular Hbond substituents is 1. The van der Waals surface area contributed by atoms with E-state index in [9.17, 15) is 14.7 Å². The zero-order valence-corrected chi connectivity index (χ0v) is 18.0. The molecule has 0 unspecified atom stereocenters. The van der Waals surface area contributed by atoms with Gasteiger partial charge in [0.2, 0.25) is 5.91 Å². The maximum absolute atomic E-state index is 12.7. The second-order valence-electron chi connectivity index (χ2n) is 7.10. The number of aromatic nitrogens is 3. The number of benzene rings is 2. The molecule has 4 aromatic rings. The van der Waals surface area contributed by atoms with Crippen LogP contribution in [0.1, 0.15) is 5.56 Å². The lowest BCUT2D eigenvalue weighted by Gasteiger charge is -2.07. The number of carbonyl (C=O) groups excluding carboxylic acids is 1. The van der Waals surface area contributed by atoms with Crippen LogP contribution in [0.15, 0.2) is 59.5 Å². The second-order valence-corrected chi connectivity index (χ2v) is 7.97. The molecule has 0 spiro atoms. The van der Waals surface area contributed by atoms with Crippen LogP contribution in [0.3, 0.4) is 0 Å². The van der Waals surface area contributed by atoms with Crippen LogP contribution in [0.5, 0.6) is 5.75 Å². The van der Waals surface area contributed by atoms with Crippen LogP contribution in [0.2, 0.25) is 10.0 Å². The Kier molecular flexibility index (Phi) is 5.71. The van der Waals surface area contributed by atoms with Crippen molar-refractivity contribution in [2.24, 2.45) is 7.05 Å². The molecule has 2 aromatic heterocycles. The van der Waals surface area contributed by atoms with Crippen molar-refractivity contribution in [1.82, 2.24) is 19.4 Å². The first-order valence-corrected chi connectivity index (χ1v) is 10.1. The molecule has 0 fully saturated rings. The van der Waals surface area contributed by atoms with Crippen molar-refractivity contribution in [1.29, 1.82) is 0 Å². The highest BCUT2D eigenvalue weighted by Gasteiger charge is 2.16. The third-order valence-electron chi connectivity index (χ3n) is 4.91. The Morgan fingerprint density at radius 3 is 2.42 bits per heavy atom. The number of aromatic hydroxyl groups is 1. The number of amides is 1. The van der Waals surface area contributed by atoms with Crippen LogP contribution in [-0.4, -0.2) is 25.1 Å². The fourth-order valence-corrected chi connectivity index (χ4v) is 3.84. The number of nitrogens with one attached hydrogen (secondary N) is 1. The van der Waals surface area contributed by atoms with Gasteiger partial charge >= 0.3 is 5.69 Å². The average molecular weight is 457 g/mol. The van der Waals surface area contributed by atoms with Gasteiger partial charge < -0.3 is 10.4 Å². The smallest absolute Gasteiger partial charge is 0.330 e. The lowest BCUT2D eigenvalue weighted by atomic mass is 10.1. The first-order chi connectivity index (χ1) is 14.8. The molecule has 9 heteroatoms. The molecule has 158 valence electrons. The molecular formula is C22H18Cl2N4O3. The monoisotopic (exact) mass is 456 g/mol. The molecule has 0 aliphatic rings. The number of pyridine rings is 1. The van der Waals surface area contributed by atoms with Gasteiger partial charge in [0.05, 0.1) is 5.52 Å². The summed E-state index contributed by atoms with van der Waals surface area (Å²) in [4.78, 5) is 29.6. The molecule has 0 aliphatic carbocycles. The molecule has 0 atom stereocenters. The third-order valence-corrected chi connectivity index (χ3v) is 5.34. The third kappa shape index (κ3) is 4.42. The van der Waals surface area contributed by atoms with E-state index in [1.807, 2.05) is 6.07 Å². The zero-order valence-electron chi connectivity index (χ0n) is 16.5. The van der Waals surface area contributed by atoms with Crippen LogP contribution in [0.4, 0.5) is 0 Å². The maximum atomic E-state index is 12.7. The molecule has 0 saturated carbocycles. The SMILES string of the molecule is Cn1c(=O)n(CC(=O)NCc2ccc(O)cc2)c2ncc(-c3cc(Cl)cc(Cl)c3)cc21. The Hall–Kier alpha value is -3.29. The molecule has 4 rings (SSSR count). The van der Waals surface area contributed by atoms with E-state index >= 15 is 0 Å². The Bertz CT molecular complexity index is 1320. The largest absolute Gasteiger partial charge is 0.508 e. The van der Waals surface area contributed by atoms with Gasteiger partial charge in [-0.3, -0.25) is 13.9 Å². The maximum Gasteiger partial charge on any atom is 0.330 e. The summed E-state index contributed by atoms with van der Waals surface area (Å²) in [7, 11) is 1.63. The summed E-state index contributed by atoms with van der Waals surface area (Å²) in [6, 6.07) is 13.5. The molecule has 0 aliphatic heterocycles. The van der Waals surface area contributed by atoms with Gasteiger partial charge in [-0.15, -0.1) is 0 Å². The summed E-state index contributed by atoms with van der Waals surface area (Å²) in [6.07, 6.45) is 1.62. The summed E-state index contributed by atoms with van der Waals surface area (Å²) < 4.78 is 2.78. The first-order valence-electron chi connectivity index (χ1n) is 9.38. The molecule has 2 heterocycles. The standard InChI is InChI=1S/C22H18Cl2N4O3/c1-27-19-8-15(14-6-16(23)9-17(24)7-14)11-26-21(19)28(22(27)31)12-20(30)25-10-13-2-4-18(29)5-3-13/h2-9,11,29H,10,12H2,1H3,(H,25,30). The van der Waals surface area contributed by atoms with Crippen LogP contribution >= 0.6 is 23.2 Å². The minimum atomic E-state index is -0.344. The van der Waals surface area contributed by atoms with E-state index in [0.717, 1.165) is 16.7 Å². The first kappa shape index (κ1) is 21.0. The number of halogens is 2. The van der Waals surface area contributed by atoms with E-state index in [1.165, 1.54) is 9.13 Å². The number of carbonyl (C=O) groups is 1. The number of imidazole rings is 1. The Morgan fingerprint density at radius 1 is 1.06 bits per heavy atom. The minimum absolute atomic E-state index is 0.155. The molecule has 0 radical (unpaired) electrons. The minimum Gasteiger partial charge on any atom is -0.508 e. The molecular weight excluding hydrogens is 439 g/mol. The van der Waals surface area contributed by atoms with E-state index in [2.05, 4.69) is 10.3 Å². The van der Waals surface area contributed by atoms with Crippen molar-refractivity contribution >= 4 is 40.3 Å². The van der Waals surface area contributed by atoms with Crippen LogP contribution < -0.4 is 11.0 Å². The number of aryl methyl sites for hydroxylation is 1. The van der Waals surface area contributed by atoms with Gasteiger partial charge in [-0.25, -0.2) is 9.78 Å². The molecule has 7 nitrogen and oxygen atoms in total. The van der Waals surface area contributed by atoms with E-state index in [4.69, 9.17) is 23.2 Å². The number of nitrogens with zero attached hydrogens (tertiary/aromatic N) is 3. The van der Waals surface area contributed by atoms with Crippen LogP contribution in [-0.2, 0) is 24.9 Å². The fourth-order valence-electron chi connectivity index (χ4n) is 3.31. The van der Waals surface area contributed by atoms with Crippen LogP contribution in [0.25, 0.3) is 22.3 Å². The van der Waals surface area contributed by atoms with Crippen LogP contribution in [0, 0.1) is 0 Å². The number of rotatable bonds is 5. The molecule has 0 bridgehead atoms. The van der Waals surface area contributed by atoms with Gasteiger partial charge in [0.1, 0.15) is 12.3 Å². The number of fused-ring (bicyclic) bond motifs is 1. The Balaban J connectivity index is 1.59. The predicted molar refractivity (Wildman–Crippen MR) is 120 cm³/mol. The predicted octanol–water partition coefficient (Wildman–Crippen LogP) is 3.73. The fraction of sp³-hybridized carbons (Fsp3) is 0.136. The van der Waals surface area contributed by atoms with Crippen molar-refractivity contribution in [3.63, 3.8) is 0 Å². The molecule has 2 N–H and O–H groups in total. The molecule has 0 saturated heterocycles. The summed E-state index contributed by atoms with van der Waals surface area (Å²) in [5.74, 6) is -0.168. The number of hydrogen-bond donors (Lipinski definition) is 2. The summed E-state index contributed by atoms with van der Waals surface area (Å²) in [5.41, 5.74) is 3.01. The van der Waals surface area contributed by atoms with Gasteiger partial charge in [0, 0.05) is 35.4 Å². The van der Waals surface area contributed by atoms with Gasteiger partial charge in [0.25, 0.3) is 0 Å². The lowest BCUT2D eigenvalue weighted by Crippen LogP contribution is -2.32. The molecule has 2 aromatic carbocycles. The van der Waals surface area contributed by atoms with E-state index in [0.29, 0.717) is 21.2 Å². The number of hydrogen-bond acceptors (Lipinski definition) is 4. The summed E-state index contributed by atoms with van der Waals surface area (Å²) in [5, 5.41) is 13.1. The van der Waals surface area contributed by atoms with E-state index < -0.39 is 0 Å². The van der Waals surface area contributed by atoms with Gasteiger partial charge in [-0.2, -0.15) is 0 Å². The Labute approximate surface area is 187 Å². The molecule has 31 heavy (non-hydrogen) atoms. The highest BCUT2D eigenvalue weighted by Crippen LogP contribution is 2.28. The summed E-state index contributed by atoms with van der Waals surface area (Å²) in [6.45, 7) is 0.120. The quantitative estimate of drug-likeness (QED) is 0.478. The highest BCUT2D eigenvalue weighted by molar-refractivity contribution is 6.35. The van der Waals surface area contributed by atoms with Crippen molar-refractivity contribution < 1.29 is 9.90 Å². The van der Waals surface area contributed by atoms with E-state index in [-0.39, 0.29) is 30.4 Å². The number of phenols is 1. The summed E-state index contributed by atoms with van der Waals surface area (Å²) >= 11 is 12.2. The van der Waals surface area contributed by atoms with Crippen molar-refractivity contribution in [3.8, 4) is 16.9 Å². The normalized spacial score (nSPS) is 11.1. The Morgan fingerprint density at radius 2 is 1.74 bits per heavy atom. The van der Waals surface area contributed by atoms with Crippen molar-refractivity contribution in [2.45, 2.75) is 13.1 Å². The highest BCUT2D eigenvalue weighted by atomic mass is 35.5. The van der Waals surface area contributed by atoms with Crippen molar-refractivity contribution in [3.05, 3.63) is 80.8 Å². The van der Waals surface area contributed by atoms with Gasteiger partial charge in [-0.1, -0.05) is 35.3 Å². The topological polar surface area (TPSA) is 89.2 Å². The zero-order chi connectivity index (χ0) is 22.1. The van der Waals surface area contributed by atoms with Crippen molar-refractivity contribution in [2.75, 3.05) is 0 Å². The second kappa shape index (κ2) is 8.45. The lowest BCUT2D eigenvalue weighted by molar-refractivity contribution is -0.121. The molecule has 1 amide bonds.